The van der Waals surface area contributed by atoms with Gasteiger partial charge in [0, 0.05) is 0 Å². The van der Waals surface area contributed by atoms with Gasteiger partial charge >= 0.3 is 0 Å². The molecule has 0 fully saturated rings. The molecule has 21 heavy (non-hydrogen) atoms. The highest BCUT2D eigenvalue weighted by atomic mass is 28.3. The first-order valence-corrected chi connectivity index (χ1v) is 10.9. The molecular weight excluding hydrogens is 276 g/mol. The summed E-state index contributed by atoms with van der Waals surface area (Å²) in [5, 5.41) is 1.48. The minimum atomic E-state index is -1.21. The van der Waals surface area contributed by atoms with E-state index < -0.39 is 8.07 Å². The molecule has 0 saturated heterocycles. The zero-order valence-corrected chi connectivity index (χ0v) is 14.3. The summed E-state index contributed by atoms with van der Waals surface area (Å²) < 4.78 is 11.2. The van der Waals surface area contributed by atoms with Gasteiger partial charge in [-0.05, 0) is 36.8 Å². The van der Waals surface area contributed by atoms with Crippen molar-refractivity contribution in [3.63, 3.8) is 0 Å². The Labute approximate surface area is 128 Å². The van der Waals surface area contributed by atoms with Crippen molar-refractivity contribution in [3.05, 3.63) is 54.1 Å². The molecule has 0 aromatic heterocycles. The first-order valence-electron chi connectivity index (χ1n) is 7.44. The minimum absolute atomic E-state index is 0.597. The topological polar surface area (TPSA) is 18.5 Å². The summed E-state index contributed by atoms with van der Waals surface area (Å²) in [4.78, 5) is 0. The third-order valence-corrected chi connectivity index (χ3v) is 5.43. The lowest BCUT2D eigenvalue weighted by Gasteiger charge is -2.16. The maximum Gasteiger partial charge on any atom is 0.120 e. The molecule has 0 saturated carbocycles. The minimum Gasteiger partial charge on any atom is -0.494 e. The summed E-state index contributed by atoms with van der Waals surface area (Å²) in [5.41, 5.74) is 1.20. The second-order valence-corrected chi connectivity index (χ2v) is 11.2. The van der Waals surface area contributed by atoms with Gasteiger partial charge in [-0.1, -0.05) is 49.1 Å². The van der Waals surface area contributed by atoms with Gasteiger partial charge in [0.15, 0.2) is 0 Å². The first kappa shape index (κ1) is 15.6. The average molecular weight is 300 g/mol. The second-order valence-electron chi connectivity index (χ2n) is 6.14. The molecule has 0 aliphatic rings. The van der Waals surface area contributed by atoms with Gasteiger partial charge in [-0.2, -0.15) is 0 Å². The van der Waals surface area contributed by atoms with Crippen molar-refractivity contribution in [2.45, 2.75) is 33.2 Å². The van der Waals surface area contributed by atoms with Crippen LogP contribution in [0.1, 0.15) is 12.5 Å². The molecule has 0 spiro atoms. The SMILES string of the molecule is CCOc1ccc(OCc2ccc([Si](C)(C)C)cc2)cc1. The summed E-state index contributed by atoms with van der Waals surface area (Å²) in [7, 11) is -1.21. The fraction of sp³-hybridized carbons (Fsp3) is 0.333. The predicted molar refractivity (Wildman–Crippen MR) is 91.4 cm³/mol. The van der Waals surface area contributed by atoms with E-state index in [9.17, 15) is 0 Å². The molecule has 0 aliphatic carbocycles. The lowest BCUT2D eigenvalue weighted by molar-refractivity contribution is 0.304. The molecule has 2 aromatic carbocycles. The van der Waals surface area contributed by atoms with E-state index in [0.29, 0.717) is 13.2 Å². The van der Waals surface area contributed by atoms with Crippen LogP contribution in [0, 0.1) is 0 Å². The molecule has 0 atom stereocenters. The van der Waals surface area contributed by atoms with Crippen molar-refractivity contribution in [2.24, 2.45) is 0 Å². The third-order valence-electron chi connectivity index (χ3n) is 3.36. The highest BCUT2D eigenvalue weighted by molar-refractivity contribution is 6.88. The van der Waals surface area contributed by atoms with E-state index in [1.165, 1.54) is 10.8 Å². The molecule has 0 unspecified atom stereocenters. The van der Waals surface area contributed by atoms with E-state index in [2.05, 4.69) is 43.9 Å². The standard InChI is InChI=1S/C18H24O2Si/c1-5-19-16-8-10-17(11-9-16)20-14-15-6-12-18(13-7-15)21(2,3)4/h6-13H,5,14H2,1-4H3. The summed E-state index contributed by atoms with van der Waals surface area (Å²) in [6.07, 6.45) is 0. The smallest absolute Gasteiger partial charge is 0.120 e. The second kappa shape index (κ2) is 6.81. The Kier molecular flexibility index (Phi) is 5.07. The van der Waals surface area contributed by atoms with Crippen LogP contribution in [0.15, 0.2) is 48.5 Å². The van der Waals surface area contributed by atoms with Crippen molar-refractivity contribution < 1.29 is 9.47 Å². The largest absolute Gasteiger partial charge is 0.494 e. The molecule has 0 heterocycles. The molecule has 0 aliphatic heterocycles. The van der Waals surface area contributed by atoms with Gasteiger partial charge in [0.2, 0.25) is 0 Å². The molecule has 0 amide bonds. The van der Waals surface area contributed by atoms with E-state index in [-0.39, 0.29) is 0 Å². The van der Waals surface area contributed by atoms with Crippen LogP contribution in [0.4, 0.5) is 0 Å². The number of rotatable bonds is 6. The summed E-state index contributed by atoms with van der Waals surface area (Å²) in [5.74, 6) is 1.75. The van der Waals surface area contributed by atoms with Crippen LogP contribution in [0.3, 0.4) is 0 Å². The summed E-state index contributed by atoms with van der Waals surface area (Å²) >= 11 is 0. The Balaban J connectivity index is 1.93. The Morgan fingerprint density at radius 1 is 0.762 bits per heavy atom. The van der Waals surface area contributed by atoms with Crippen LogP contribution >= 0.6 is 0 Å². The number of ether oxygens (including phenoxy) is 2. The Bertz CT molecular complexity index is 553. The van der Waals surface area contributed by atoms with Gasteiger partial charge in [-0.25, -0.2) is 0 Å². The van der Waals surface area contributed by atoms with E-state index in [4.69, 9.17) is 9.47 Å². The number of hydrogen-bond acceptors (Lipinski definition) is 2. The quantitative estimate of drug-likeness (QED) is 0.744. The Morgan fingerprint density at radius 3 is 1.76 bits per heavy atom. The summed E-state index contributed by atoms with van der Waals surface area (Å²) in [6.45, 7) is 10.3. The zero-order valence-electron chi connectivity index (χ0n) is 13.3. The third kappa shape index (κ3) is 4.64. The number of hydrogen-bond donors (Lipinski definition) is 0. The van der Waals surface area contributed by atoms with Crippen molar-refractivity contribution in [3.8, 4) is 11.5 Å². The molecule has 3 heteroatoms. The maximum atomic E-state index is 5.81. The summed E-state index contributed by atoms with van der Waals surface area (Å²) in [6, 6.07) is 16.6. The van der Waals surface area contributed by atoms with E-state index in [1.807, 2.05) is 31.2 Å². The Morgan fingerprint density at radius 2 is 1.29 bits per heavy atom. The lowest BCUT2D eigenvalue weighted by atomic mass is 10.2. The Hall–Kier alpha value is -1.74. The monoisotopic (exact) mass is 300 g/mol. The molecular formula is C18H24O2Si. The van der Waals surface area contributed by atoms with Crippen LogP contribution in [0.2, 0.25) is 19.6 Å². The normalized spacial score (nSPS) is 11.2. The zero-order chi connectivity index (χ0) is 15.3. The highest BCUT2D eigenvalue weighted by Gasteiger charge is 2.15. The van der Waals surface area contributed by atoms with E-state index >= 15 is 0 Å². The van der Waals surface area contributed by atoms with E-state index in [0.717, 1.165) is 11.5 Å². The molecule has 112 valence electrons. The van der Waals surface area contributed by atoms with Crippen LogP contribution in [-0.2, 0) is 6.61 Å². The van der Waals surface area contributed by atoms with Crippen molar-refractivity contribution >= 4 is 13.3 Å². The molecule has 0 N–H and O–H groups in total. The van der Waals surface area contributed by atoms with Crippen LogP contribution in [0.25, 0.3) is 0 Å². The van der Waals surface area contributed by atoms with Crippen LogP contribution < -0.4 is 14.7 Å². The molecule has 2 nitrogen and oxygen atoms in total. The fourth-order valence-corrected chi connectivity index (χ4v) is 3.23. The lowest BCUT2D eigenvalue weighted by Crippen LogP contribution is -2.37. The molecule has 0 radical (unpaired) electrons. The van der Waals surface area contributed by atoms with E-state index in [1.54, 1.807) is 0 Å². The average Bonchev–Trinajstić information content (AvgIpc) is 2.46. The van der Waals surface area contributed by atoms with Crippen molar-refractivity contribution in [2.75, 3.05) is 6.61 Å². The van der Waals surface area contributed by atoms with Gasteiger partial charge < -0.3 is 9.47 Å². The van der Waals surface area contributed by atoms with Crippen LogP contribution in [-0.4, -0.2) is 14.7 Å². The molecule has 2 rings (SSSR count). The van der Waals surface area contributed by atoms with Crippen LogP contribution in [0.5, 0.6) is 11.5 Å². The predicted octanol–water partition coefficient (Wildman–Crippen LogP) is 4.21. The van der Waals surface area contributed by atoms with Gasteiger partial charge in [0.05, 0.1) is 14.7 Å². The van der Waals surface area contributed by atoms with Crippen molar-refractivity contribution in [1.82, 2.24) is 0 Å². The van der Waals surface area contributed by atoms with Crippen molar-refractivity contribution in [1.29, 1.82) is 0 Å². The van der Waals surface area contributed by atoms with Gasteiger partial charge in [0.25, 0.3) is 0 Å². The maximum absolute atomic E-state index is 5.81. The van der Waals surface area contributed by atoms with Gasteiger partial charge in [-0.3, -0.25) is 0 Å². The number of benzene rings is 2. The molecule has 0 bridgehead atoms. The first-order chi connectivity index (χ1) is 9.99. The van der Waals surface area contributed by atoms with Gasteiger partial charge in [0.1, 0.15) is 18.1 Å². The fourth-order valence-electron chi connectivity index (χ4n) is 2.07. The highest BCUT2D eigenvalue weighted by Crippen LogP contribution is 2.18. The molecule has 2 aromatic rings. The van der Waals surface area contributed by atoms with Gasteiger partial charge in [-0.15, -0.1) is 0 Å².